The van der Waals surface area contributed by atoms with Crippen molar-refractivity contribution >= 4 is 5.91 Å². The number of nitrogens with zero attached hydrogens (tertiary/aromatic N) is 2. The maximum atomic E-state index is 13.4. The number of piperidine rings is 1. The first-order valence-electron chi connectivity index (χ1n) is 9.70. The van der Waals surface area contributed by atoms with Crippen molar-refractivity contribution in [3.05, 3.63) is 35.4 Å². The van der Waals surface area contributed by atoms with E-state index < -0.39 is 0 Å². The van der Waals surface area contributed by atoms with E-state index in [1.807, 2.05) is 0 Å². The van der Waals surface area contributed by atoms with Crippen LogP contribution in [0.2, 0.25) is 0 Å². The van der Waals surface area contributed by atoms with Crippen molar-refractivity contribution in [1.82, 2.24) is 9.80 Å². The van der Waals surface area contributed by atoms with Gasteiger partial charge in [0.05, 0.1) is 12.0 Å². The van der Waals surface area contributed by atoms with Gasteiger partial charge in [0, 0.05) is 38.8 Å². The van der Waals surface area contributed by atoms with Crippen LogP contribution >= 0.6 is 0 Å². The molecular formula is C21H30N2O2. The quantitative estimate of drug-likeness (QED) is 0.825. The van der Waals surface area contributed by atoms with Crippen LogP contribution in [0.15, 0.2) is 24.3 Å². The number of ether oxygens (including phenoxy) is 1. The van der Waals surface area contributed by atoms with E-state index >= 15 is 0 Å². The summed E-state index contributed by atoms with van der Waals surface area (Å²) in [5.41, 5.74) is 2.46. The van der Waals surface area contributed by atoms with Gasteiger partial charge in [-0.15, -0.1) is 0 Å². The van der Waals surface area contributed by atoms with Crippen molar-refractivity contribution in [2.75, 3.05) is 39.9 Å². The molecular weight excluding hydrogens is 312 g/mol. The molecule has 1 spiro atoms. The zero-order valence-electron chi connectivity index (χ0n) is 15.6. The van der Waals surface area contributed by atoms with Gasteiger partial charge in [-0.1, -0.05) is 29.8 Å². The van der Waals surface area contributed by atoms with Crippen LogP contribution < -0.4 is 0 Å². The summed E-state index contributed by atoms with van der Waals surface area (Å²) in [4.78, 5) is 18.1. The largest absolute Gasteiger partial charge is 0.383 e. The highest BCUT2D eigenvalue weighted by atomic mass is 16.5. The SMILES string of the molecule is COCCN1CC[C@@]12CCCN(C(=O)C1(c3ccc(C)cc3)CC1)C2. The molecule has 1 aromatic rings. The average Bonchev–Trinajstić information content (AvgIpc) is 3.43. The Balaban J connectivity index is 1.48. The minimum atomic E-state index is -0.229. The lowest BCUT2D eigenvalue weighted by Gasteiger charge is -2.57. The minimum absolute atomic E-state index is 0.218. The minimum Gasteiger partial charge on any atom is -0.383 e. The van der Waals surface area contributed by atoms with Gasteiger partial charge in [-0.3, -0.25) is 9.69 Å². The van der Waals surface area contributed by atoms with E-state index in [9.17, 15) is 4.79 Å². The molecule has 0 bridgehead atoms. The molecule has 0 unspecified atom stereocenters. The Kier molecular flexibility index (Phi) is 4.37. The molecule has 2 aliphatic heterocycles. The molecule has 2 heterocycles. The molecule has 25 heavy (non-hydrogen) atoms. The van der Waals surface area contributed by atoms with E-state index in [1.54, 1.807) is 7.11 Å². The molecule has 1 saturated carbocycles. The van der Waals surface area contributed by atoms with E-state index in [-0.39, 0.29) is 11.0 Å². The molecule has 3 aliphatic rings. The lowest BCUT2D eigenvalue weighted by molar-refractivity contribution is -0.143. The highest BCUT2D eigenvalue weighted by Gasteiger charge is 2.55. The van der Waals surface area contributed by atoms with Gasteiger partial charge in [0.15, 0.2) is 0 Å². The Labute approximate surface area is 151 Å². The smallest absolute Gasteiger partial charge is 0.233 e. The monoisotopic (exact) mass is 342 g/mol. The van der Waals surface area contributed by atoms with Crippen molar-refractivity contribution in [2.45, 2.75) is 50.0 Å². The molecule has 4 nitrogen and oxygen atoms in total. The number of carbonyl (C=O) groups excluding carboxylic acids is 1. The number of hydrogen-bond acceptors (Lipinski definition) is 3. The third kappa shape index (κ3) is 2.89. The van der Waals surface area contributed by atoms with Gasteiger partial charge in [-0.2, -0.15) is 0 Å². The number of hydrogen-bond donors (Lipinski definition) is 0. The molecule has 4 rings (SSSR count). The maximum Gasteiger partial charge on any atom is 0.233 e. The molecule has 1 atom stereocenters. The van der Waals surface area contributed by atoms with Gasteiger partial charge in [-0.25, -0.2) is 0 Å². The van der Waals surface area contributed by atoms with E-state index in [2.05, 4.69) is 41.0 Å². The second kappa shape index (κ2) is 6.40. The fourth-order valence-corrected chi connectivity index (χ4v) is 4.81. The Hall–Kier alpha value is -1.39. The van der Waals surface area contributed by atoms with Gasteiger partial charge in [0.2, 0.25) is 5.91 Å². The topological polar surface area (TPSA) is 32.8 Å². The van der Waals surface area contributed by atoms with Crippen LogP contribution in [0.1, 0.15) is 43.2 Å². The first-order valence-corrected chi connectivity index (χ1v) is 9.70. The first kappa shape index (κ1) is 17.0. The van der Waals surface area contributed by atoms with Crippen LogP contribution in [0.4, 0.5) is 0 Å². The third-order valence-corrected chi connectivity index (χ3v) is 6.69. The molecule has 1 amide bonds. The standard InChI is InChI=1S/C21H30N2O2/c1-17-4-6-18(7-5-17)21(9-10-21)19(24)22-12-3-8-20(16-22)11-13-23(20)14-15-25-2/h4-7H,3,8-16H2,1-2H3/t20-/m1/s1. The molecule has 0 aromatic heterocycles. The number of amides is 1. The first-order chi connectivity index (χ1) is 12.1. The van der Waals surface area contributed by atoms with Gasteiger partial charge >= 0.3 is 0 Å². The summed E-state index contributed by atoms with van der Waals surface area (Å²) in [7, 11) is 1.77. The number of aryl methyl sites for hydroxylation is 1. The van der Waals surface area contributed by atoms with Crippen LogP contribution in [-0.4, -0.2) is 61.1 Å². The Morgan fingerprint density at radius 3 is 2.48 bits per heavy atom. The predicted molar refractivity (Wildman–Crippen MR) is 98.7 cm³/mol. The van der Waals surface area contributed by atoms with Crippen LogP contribution in [0.25, 0.3) is 0 Å². The number of rotatable bonds is 5. The Morgan fingerprint density at radius 2 is 1.88 bits per heavy atom. The molecule has 1 aliphatic carbocycles. The predicted octanol–water partition coefficient (Wildman–Crippen LogP) is 2.74. The summed E-state index contributed by atoms with van der Waals surface area (Å²) in [5, 5.41) is 0. The average molecular weight is 342 g/mol. The maximum absolute atomic E-state index is 13.4. The van der Waals surface area contributed by atoms with Crippen molar-refractivity contribution < 1.29 is 9.53 Å². The van der Waals surface area contributed by atoms with E-state index in [1.165, 1.54) is 24.0 Å². The van der Waals surface area contributed by atoms with Crippen LogP contribution in [-0.2, 0) is 14.9 Å². The Bertz CT molecular complexity index is 638. The summed E-state index contributed by atoms with van der Waals surface area (Å²) in [6, 6.07) is 8.60. The number of benzene rings is 1. The zero-order chi connectivity index (χ0) is 17.5. The number of likely N-dealkylation sites (tertiary alicyclic amines) is 2. The molecule has 136 valence electrons. The van der Waals surface area contributed by atoms with E-state index in [4.69, 9.17) is 4.74 Å². The van der Waals surface area contributed by atoms with Crippen LogP contribution in [0.5, 0.6) is 0 Å². The molecule has 3 fully saturated rings. The molecule has 1 aromatic carbocycles. The number of carbonyl (C=O) groups is 1. The summed E-state index contributed by atoms with van der Waals surface area (Å²) in [6.45, 7) is 6.85. The van der Waals surface area contributed by atoms with Crippen molar-refractivity contribution in [2.24, 2.45) is 0 Å². The Morgan fingerprint density at radius 1 is 1.12 bits per heavy atom. The van der Waals surface area contributed by atoms with Gasteiger partial charge in [-0.05, 0) is 44.6 Å². The second-order valence-electron chi connectivity index (χ2n) is 8.23. The fourth-order valence-electron chi connectivity index (χ4n) is 4.81. The summed E-state index contributed by atoms with van der Waals surface area (Å²) in [6.07, 6.45) is 5.58. The highest BCUT2D eigenvalue weighted by molar-refractivity contribution is 5.91. The number of methoxy groups -OCH3 is 1. The highest BCUT2D eigenvalue weighted by Crippen LogP contribution is 2.50. The van der Waals surface area contributed by atoms with Crippen molar-refractivity contribution in [3.63, 3.8) is 0 Å². The molecule has 0 radical (unpaired) electrons. The second-order valence-corrected chi connectivity index (χ2v) is 8.23. The van der Waals surface area contributed by atoms with Gasteiger partial charge < -0.3 is 9.64 Å². The molecule has 0 N–H and O–H groups in total. The van der Waals surface area contributed by atoms with Crippen LogP contribution in [0.3, 0.4) is 0 Å². The van der Waals surface area contributed by atoms with Crippen LogP contribution in [0, 0.1) is 6.92 Å². The third-order valence-electron chi connectivity index (χ3n) is 6.69. The summed E-state index contributed by atoms with van der Waals surface area (Å²) in [5.74, 6) is 0.369. The molecule has 4 heteroatoms. The lowest BCUT2D eigenvalue weighted by Crippen LogP contribution is -2.68. The normalized spacial score (nSPS) is 28.0. The summed E-state index contributed by atoms with van der Waals surface area (Å²) >= 11 is 0. The van der Waals surface area contributed by atoms with Gasteiger partial charge in [0.1, 0.15) is 0 Å². The van der Waals surface area contributed by atoms with E-state index in [0.29, 0.717) is 5.91 Å². The molecule has 2 saturated heterocycles. The van der Waals surface area contributed by atoms with Gasteiger partial charge in [0.25, 0.3) is 0 Å². The summed E-state index contributed by atoms with van der Waals surface area (Å²) < 4.78 is 5.27. The van der Waals surface area contributed by atoms with Crippen molar-refractivity contribution in [3.8, 4) is 0 Å². The van der Waals surface area contributed by atoms with Crippen molar-refractivity contribution in [1.29, 1.82) is 0 Å². The lowest BCUT2D eigenvalue weighted by atomic mass is 9.77. The zero-order valence-corrected chi connectivity index (χ0v) is 15.6. The van der Waals surface area contributed by atoms with E-state index in [0.717, 1.165) is 52.0 Å². The fraction of sp³-hybridized carbons (Fsp3) is 0.667.